The predicted octanol–water partition coefficient (Wildman–Crippen LogP) is 2.91. The summed E-state index contributed by atoms with van der Waals surface area (Å²) in [5, 5.41) is 8.69. The molecule has 1 fully saturated rings. The Labute approximate surface area is 105 Å². The summed E-state index contributed by atoms with van der Waals surface area (Å²) in [5.41, 5.74) is -0.628. The van der Waals surface area contributed by atoms with Gasteiger partial charge in [0.25, 0.3) is 0 Å². The molecule has 0 heterocycles. The van der Waals surface area contributed by atoms with Crippen LogP contribution in [0.15, 0.2) is 0 Å². The zero-order valence-electron chi connectivity index (χ0n) is 11.6. The Kier molecular flexibility index (Phi) is 4.59. The molecule has 0 spiro atoms. The van der Waals surface area contributed by atoms with Crippen LogP contribution in [0.1, 0.15) is 59.8 Å². The normalized spacial score (nSPS) is 27.9. The van der Waals surface area contributed by atoms with Crippen molar-refractivity contribution in [3.63, 3.8) is 0 Å². The van der Waals surface area contributed by atoms with Crippen molar-refractivity contribution in [1.82, 2.24) is 0 Å². The monoisotopic (exact) mass is 242 g/mol. The highest BCUT2D eigenvalue weighted by Crippen LogP contribution is 2.56. The summed E-state index contributed by atoms with van der Waals surface area (Å²) in [7, 11) is 0. The molecule has 0 aliphatic heterocycles. The largest absolute Gasteiger partial charge is 0.460 e. The molecule has 1 unspecified atom stereocenters. The summed E-state index contributed by atoms with van der Waals surface area (Å²) >= 11 is 0. The summed E-state index contributed by atoms with van der Waals surface area (Å²) in [6, 6.07) is 0. The molecule has 0 radical (unpaired) electrons. The molecular formula is C14H26O3. The Morgan fingerprint density at radius 3 is 2.53 bits per heavy atom. The van der Waals surface area contributed by atoms with Crippen molar-refractivity contribution >= 4 is 5.97 Å². The van der Waals surface area contributed by atoms with Crippen LogP contribution in [0.2, 0.25) is 0 Å². The van der Waals surface area contributed by atoms with Gasteiger partial charge in [-0.15, -0.1) is 0 Å². The summed E-state index contributed by atoms with van der Waals surface area (Å²) in [4.78, 5) is 12.0. The molecule has 0 aromatic carbocycles. The SMILES string of the molecule is CC(C)(C)OC(=O)[C@@]1(C)CC1CCCCCO. The molecule has 2 atom stereocenters. The van der Waals surface area contributed by atoms with E-state index < -0.39 is 0 Å². The van der Waals surface area contributed by atoms with Gasteiger partial charge in [-0.25, -0.2) is 0 Å². The number of carbonyl (C=O) groups is 1. The first-order valence-electron chi connectivity index (χ1n) is 6.64. The molecule has 0 saturated heterocycles. The first-order chi connectivity index (χ1) is 7.79. The van der Waals surface area contributed by atoms with Crippen molar-refractivity contribution < 1.29 is 14.6 Å². The van der Waals surface area contributed by atoms with Gasteiger partial charge in [-0.1, -0.05) is 12.8 Å². The Morgan fingerprint density at radius 1 is 1.35 bits per heavy atom. The fourth-order valence-corrected chi connectivity index (χ4v) is 2.20. The lowest BCUT2D eigenvalue weighted by atomic mass is 10.0. The minimum absolute atomic E-state index is 0.0443. The van der Waals surface area contributed by atoms with Crippen LogP contribution in [-0.2, 0) is 9.53 Å². The highest BCUT2D eigenvalue weighted by atomic mass is 16.6. The molecule has 0 amide bonds. The summed E-state index contributed by atoms with van der Waals surface area (Å²) in [6.07, 6.45) is 5.06. The van der Waals surface area contributed by atoms with Gasteiger partial charge in [0.05, 0.1) is 5.41 Å². The van der Waals surface area contributed by atoms with Gasteiger partial charge in [0, 0.05) is 6.61 Å². The van der Waals surface area contributed by atoms with Gasteiger partial charge in [0.1, 0.15) is 5.60 Å². The topological polar surface area (TPSA) is 46.5 Å². The van der Waals surface area contributed by atoms with E-state index >= 15 is 0 Å². The number of aliphatic hydroxyl groups excluding tert-OH is 1. The number of hydrogen-bond donors (Lipinski definition) is 1. The Bertz CT molecular complexity index is 267. The number of unbranched alkanes of at least 4 members (excludes halogenated alkanes) is 2. The minimum atomic E-state index is -0.385. The number of rotatable bonds is 6. The molecule has 1 aliphatic rings. The van der Waals surface area contributed by atoms with Crippen LogP contribution in [-0.4, -0.2) is 23.3 Å². The Balaban J connectivity index is 2.29. The fourth-order valence-electron chi connectivity index (χ4n) is 2.20. The maximum Gasteiger partial charge on any atom is 0.312 e. The van der Waals surface area contributed by atoms with E-state index in [0.717, 1.165) is 32.1 Å². The summed E-state index contributed by atoms with van der Waals surface area (Å²) in [5.74, 6) is 0.438. The second-order valence-corrected chi connectivity index (χ2v) is 6.39. The second kappa shape index (κ2) is 5.38. The molecular weight excluding hydrogens is 216 g/mol. The number of ether oxygens (including phenoxy) is 1. The van der Waals surface area contributed by atoms with Crippen LogP contribution in [0.25, 0.3) is 0 Å². The van der Waals surface area contributed by atoms with Gasteiger partial charge in [-0.3, -0.25) is 4.79 Å². The van der Waals surface area contributed by atoms with Crippen molar-refractivity contribution in [2.45, 2.75) is 65.4 Å². The first kappa shape index (κ1) is 14.5. The summed E-state index contributed by atoms with van der Waals surface area (Å²) < 4.78 is 5.44. The van der Waals surface area contributed by atoms with E-state index in [-0.39, 0.29) is 23.6 Å². The standard InChI is InChI=1S/C14H26O3/c1-13(2,3)17-12(16)14(4)10-11(14)8-6-5-7-9-15/h11,15H,5-10H2,1-4H3/t11?,14-/m0/s1. The van der Waals surface area contributed by atoms with E-state index in [1.165, 1.54) is 0 Å². The number of aliphatic hydroxyl groups is 1. The van der Waals surface area contributed by atoms with Gasteiger partial charge in [0.15, 0.2) is 0 Å². The van der Waals surface area contributed by atoms with Gasteiger partial charge in [0.2, 0.25) is 0 Å². The number of carbonyl (C=O) groups excluding carboxylic acids is 1. The second-order valence-electron chi connectivity index (χ2n) is 6.39. The third-order valence-electron chi connectivity index (χ3n) is 3.49. The van der Waals surface area contributed by atoms with Crippen molar-refractivity contribution in [3.05, 3.63) is 0 Å². The zero-order chi connectivity index (χ0) is 13.1. The Hall–Kier alpha value is -0.570. The molecule has 0 aromatic heterocycles. The average Bonchev–Trinajstić information content (AvgIpc) is 2.84. The van der Waals surface area contributed by atoms with Gasteiger partial charge < -0.3 is 9.84 Å². The molecule has 1 saturated carbocycles. The van der Waals surface area contributed by atoms with Gasteiger partial charge >= 0.3 is 5.97 Å². The van der Waals surface area contributed by atoms with Crippen LogP contribution in [0.4, 0.5) is 0 Å². The maximum absolute atomic E-state index is 12.0. The number of esters is 1. The summed E-state index contributed by atoms with van der Waals surface area (Å²) in [6.45, 7) is 8.01. The lowest BCUT2D eigenvalue weighted by Crippen LogP contribution is -2.29. The highest BCUT2D eigenvalue weighted by molar-refractivity contribution is 5.80. The molecule has 3 heteroatoms. The highest BCUT2D eigenvalue weighted by Gasteiger charge is 2.57. The van der Waals surface area contributed by atoms with E-state index in [2.05, 4.69) is 0 Å². The third kappa shape index (κ3) is 4.30. The molecule has 1 N–H and O–H groups in total. The molecule has 0 bridgehead atoms. The van der Waals surface area contributed by atoms with Crippen LogP contribution in [0.3, 0.4) is 0 Å². The van der Waals surface area contributed by atoms with Gasteiger partial charge in [-0.05, 0) is 52.9 Å². The third-order valence-corrected chi connectivity index (χ3v) is 3.49. The van der Waals surface area contributed by atoms with E-state index in [4.69, 9.17) is 9.84 Å². The van der Waals surface area contributed by atoms with E-state index in [0.29, 0.717) is 5.92 Å². The average molecular weight is 242 g/mol. The van der Waals surface area contributed by atoms with Crippen LogP contribution in [0, 0.1) is 11.3 Å². The lowest BCUT2D eigenvalue weighted by Gasteiger charge is -2.22. The smallest absolute Gasteiger partial charge is 0.312 e. The van der Waals surface area contributed by atoms with Crippen LogP contribution < -0.4 is 0 Å². The molecule has 0 aromatic rings. The minimum Gasteiger partial charge on any atom is -0.460 e. The molecule has 3 nitrogen and oxygen atoms in total. The first-order valence-corrected chi connectivity index (χ1v) is 6.64. The van der Waals surface area contributed by atoms with Crippen molar-refractivity contribution in [2.75, 3.05) is 6.61 Å². The van der Waals surface area contributed by atoms with Crippen molar-refractivity contribution in [2.24, 2.45) is 11.3 Å². The van der Waals surface area contributed by atoms with Crippen molar-refractivity contribution in [1.29, 1.82) is 0 Å². The lowest BCUT2D eigenvalue weighted by molar-refractivity contribution is -0.161. The molecule has 17 heavy (non-hydrogen) atoms. The van der Waals surface area contributed by atoms with Crippen LogP contribution in [0.5, 0.6) is 0 Å². The van der Waals surface area contributed by atoms with E-state index in [9.17, 15) is 4.79 Å². The fraction of sp³-hybridized carbons (Fsp3) is 0.929. The zero-order valence-corrected chi connectivity index (χ0v) is 11.6. The molecule has 1 aliphatic carbocycles. The van der Waals surface area contributed by atoms with Crippen molar-refractivity contribution in [3.8, 4) is 0 Å². The predicted molar refractivity (Wildman–Crippen MR) is 67.6 cm³/mol. The maximum atomic E-state index is 12.0. The number of hydrogen-bond acceptors (Lipinski definition) is 3. The van der Waals surface area contributed by atoms with E-state index in [1.54, 1.807) is 0 Å². The quantitative estimate of drug-likeness (QED) is 0.575. The van der Waals surface area contributed by atoms with E-state index in [1.807, 2.05) is 27.7 Å². The van der Waals surface area contributed by atoms with Crippen LogP contribution >= 0.6 is 0 Å². The Morgan fingerprint density at radius 2 is 2.00 bits per heavy atom. The molecule has 1 rings (SSSR count). The molecule has 100 valence electrons. The van der Waals surface area contributed by atoms with Gasteiger partial charge in [-0.2, -0.15) is 0 Å².